The Hall–Kier alpha value is -3.63. The first-order valence-electron chi connectivity index (χ1n) is 9.38. The number of carbonyl (C=O) groups is 1. The molecule has 0 aliphatic rings. The van der Waals surface area contributed by atoms with E-state index in [0.717, 1.165) is 12.1 Å². The zero-order chi connectivity index (χ0) is 23.2. The molecule has 1 atom stereocenters. The summed E-state index contributed by atoms with van der Waals surface area (Å²) >= 11 is 6.42. The van der Waals surface area contributed by atoms with E-state index in [9.17, 15) is 18.7 Å². The predicted octanol–water partition coefficient (Wildman–Crippen LogP) is 3.62. The first-order valence-corrected chi connectivity index (χ1v) is 9.76. The Morgan fingerprint density at radius 2 is 1.84 bits per heavy atom. The van der Waals surface area contributed by atoms with Crippen LogP contribution in [0.3, 0.4) is 0 Å². The van der Waals surface area contributed by atoms with E-state index >= 15 is 0 Å². The van der Waals surface area contributed by atoms with E-state index in [0.29, 0.717) is 34.3 Å². The number of benzene rings is 2. The van der Waals surface area contributed by atoms with Crippen LogP contribution in [0.15, 0.2) is 36.4 Å². The number of fused-ring (bicyclic) bond motifs is 1. The van der Waals surface area contributed by atoms with Crippen molar-refractivity contribution >= 4 is 40.0 Å². The van der Waals surface area contributed by atoms with E-state index in [1.165, 1.54) is 16.8 Å². The summed E-state index contributed by atoms with van der Waals surface area (Å²) in [5, 5.41) is 17.3. The molecule has 0 fully saturated rings. The van der Waals surface area contributed by atoms with Gasteiger partial charge in [-0.15, -0.1) is 0 Å². The van der Waals surface area contributed by atoms with Crippen molar-refractivity contribution in [3.8, 4) is 5.69 Å². The Balaban J connectivity index is 1.63. The maximum absolute atomic E-state index is 13.4. The van der Waals surface area contributed by atoms with Crippen molar-refractivity contribution in [2.24, 2.45) is 0 Å². The zero-order valence-electron chi connectivity index (χ0n) is 16.9. The van der Waals surface area contributed by atoms with Gasteiger partial charge >= 0.3 is 0 Å². The van der Waals surface area contributed by atoms with Gasteiger partial charge in [-0.25, -0.2) is 23.4 Å². The molecule has 4 aromatic rings. The number of aliphatic hydroxyl groups is 1. The summed E-state index contributed by atoms with van der Waals surface area (Å²) in [5.74, 6) is -1.93. The molecule has 2 aromatic heterocycles. The molecule has 164 valence electrons. The zero-order valence-corrected chi connectivity index (χ0v) is 17.7. The lowest BCUT2D eigenvalue weighted by Crippen LogP contribution is -2.21. The van der Waals surface area contributed by atoms with E-state index in [2.05, 4.69) is 20.4 Å². The molecule has 0 spiro atoms. The van der Waals surface area contributed by atoms with Crippen LogP contribution < -0.4 is 11.1 Å². The van der Waals surface area contributed by atoms with Crippen LogP contribution in [0.1, 0.15) is 23.2 Å². The van der Waals surface area contributed by atoms with Crippen LogP contribution in [0, 0.1) is 25.5 Å². The minimum absolute atomic E-state index is 0.216. The summed E-state index contributed by atoms with van der Waals surface area (Å²) in [6, 6.07) is 6.98. The number of carbonyl (C=O) groups excluding carboxylic acids is 1. The van der Waals surface area contributed by atoms with Crippen molar-refractivity contribution in [3.05, 3.63) is 70.1 Å². The monoisotopic (exact) mass is 458 g/mol. The molecule has 4 rings (SSSR count). The van der Waals surface area contributed by atoms with Crippen LogP contribution >= 0.6 is 11.6 Å². The third-order valence-electron chi connectivity index (χ3n) is 4.72. The minimum Gasteiger partial charge on any atom is -0.382 e. The average Bonchev–Trinajstić information content (AvgIpc) is 3.03. The second-order valence-corrected chi connectivity index (χ2v) is 7.52. The summed E-state index contributed by atoms with van der Waals surface area (Å²) in [6.07, 6.45) is -1.78. The number of nitrogens with one attached hydrogen (secondary N) is 1. The van der Waals surface area contributed by atoms with Gasteiger partial charge in [0.05, 0.1) is 16.4 Å². The number of nitrogens with two attached hydrogens (primary N) is 1. The van der Waals surface area contributed by atoms with Crippen LogP contribution in [0.4, 0.5) is 20.3 Å². The second kappa shape index (κ2) is 8.13. The van der Waals surface area contributed by atoms with Crippen LogP contribution in [0.5, 0.6) is 0 Å². The highest BCUT2D eigenvalue weighted by Crippen LogP contribution is 2.30. The third-order valence-corrected chi connectivity index (χ3v) is 5.02. The number of amides is 1. The SMILES string of the molecule is Cc1nc(N)c2c(n1)c(C)nn2-c1ccc(NC(=O)C(O)c2cc(F)cc(F)c2)cc1Cl. The summed E-state index contributed by atoms with van der Waals surface area (Å²) in [5.41, 5.74) is 8.30. The van der Waals surface area contributed by atoms with Gasteiger partial charge in [0.2, 0.25) is 0 Å². The van der Waals surface area contributed by atoms with Gasteiger partial charge in [0.25, 0.3) is 5.91 Å². The summed E-state index contributed by atoms with van der Waals surface area (Å²) in [6.45, 7) is 3.51. The number of hydrogen-bond donors (Lipinski definition) is 3. The van der Waals surface area contributed by atoms with E-state index in [-0.39, 0.29) is 22.1 Å². The van der Waals surface area contributed by atoms with Gasteiger partial charge in [-0.2, -0.15) is 5.10 Å². The maximum Gasteiger partial charge on any atom is 0.257 e. The number of halogens is 3. The van der Waals surface area contributed by atoms with Gasteiger partial charge in [0.1, 0.15) is 28.5 Å². The fourth-order valence-corrected chi connectivity index (χ4v) is 3.58. The molecule has 0 saturated carbocycles. The Bertz CT molecular complexity index is 1350. The van der Waals surface area contributed by atoms with E-state index in [4.69, 9.17) is 17.3 Å². The van der Waals surface area contributed by atoms with Gasteiger partial charge in [-0.1, -0.05) is 11.6 Å². The largest absolute Gasteiger partial charge is 0.382 e. The molecule has 0 aliphatic heterocycles. The van der Waals surface area contributed by atoms with Gasteiger partial charge in [-0.3, -0.25) is 4.79 Å². The Labute approximate surface area is 185 Å². The molecule has 0 saturated heterocycles. The number of rotatable bonds is 4. The number of aromatic nitrogens is 4. The van der Waals surface area contributed by atoms with Crippen LogP contribution in [-0.4, -0.2) is 30.8 Å². The molecule has 2 aromatic carbocycles. The molecular weight excluding hydrogens is 442 g/mol. The molecule has 1 amide bonds. The van der Waals surface area contributed by atoms with Crippen LogP contribution in [0.25, 0.3) is 16.7 Å². The molecule has 0 bridgehead atoms. The lowest BCUT2D eigenvalue weighted by atomic mass is 10.1. The lowest BCUT2D eigenvalue weighted by Gasteiger charge is -2.13. The number of aliphatic hydroxyl groups excluding tert-OH is 1. The van der Waals surface area contributed by atoms with E-state index in [1.54, 1.807) is 19.9 Å². The van der Waals surface area contributed by atoms with Crippen LogP contribution in [0.2, 0.25) is 5.02 Å². The third kappa shape index (κ3) is 3.97. The summed E-state index contributed by atoms with van der Waals surface area (Å²) in [4.78, 5) is 20.9. The molecule has 2 heterocycles. The quantitative estimate of drug-likeness (QED) is 0.430. The van der Waals surface area contributed by atoms with E-state index < -0.39 is 23.6 Å². The highest BCUT2D eigenvalue weighted by atomic mass is 35.5. The molecule has 8 nitrogen and oxygen atoms in total. The highest BCUT2D eigenvalue weighted by Gasteiger charge is 2.21. The normalized spacial score (nSPS) is 12.2. The maximum atomic E-state index is 13.4. The molecule has 1 unspecified atom stereocenters. The fraction of sp³-hybridized carbons (Fsp3) is 0.143. The topological polar surface area (TPSA) is 119 Å². The summed E-state index contributed by atoms with van der Waals surface area (Å²) in [7, 11) is 0. The number of aryl methyl sites for hydroxylation is 2. The minimum atomic E-state index is -1.78. The predicted molar refractivity (Wildman–Crippen MR) is 116 cm³/mol. The Morgan fingerprint density at radius 3 is 2.50 bits per heavy atom. The number of hydrogen-bond acceptors (Lipinski definition) is 6. The molecule has 11 heteroatoms. The molecule has 32 heavy (non-hydrogen) atoms. The second-order valence-electron chi connectivity index (χ2n) is 7.11. The molecule has 0 radical (unpaired) electrons. The highest BCUT2D eigenvalue weighted by molar-refractivity contribution is 6.32. The molecule has 0 aliphatic carbocycles. The van der Waals surface area contributed by atoms with E-state index in [1.807, 2.05) is 0 Å². The fourth-order valence-electron chi connectivity index (χ4n) is 3.32. The van der Waals surface area contributed by atoms with Gasteiger partial charge in [0, 0.05) is 11.8 Å². The first-order chi connectivity index (χ1) is 15.1. The van der Waals surface area contributed by atoms with Gasteiger partial charge in [0.15, 0.2) is 11.9 Å². The van der Waals surface area contributed by atoms with Crippen molar-refractivity contribution in [3.63, 3.8) is 0 Å². The Morgan fingerprint density at radius 1 is 1.16 bits per heavy atom. The molecule has 4 N–H and O–H groups in total. The van der Waals surface area contributed by atoms with Crippen molar-refractivity contribution in [2.45, 2.75) is 20.0 Å². The summed E-state index contributed by atoms with van der Waals surface area (Å²) < 4.78 is 28.3. The molecular formula is C21H17ClF2N6O2. The first kappa shape index (κ1) is 21.6. The van der Waals surface area contributed by atoms with Crippen molar-refractivity contribution in [1.82, 2.24) is 19.7 Å². The van der Waals surface area contributed by atoms with Crippen LogP contribution in [-0.2, 0) is 4.79 Å². The van der Waals surface area contributed by atoms with Gasteiger partial charge in [-0.05, 0) is 49.7 Å². The number of nitrogens with zero attached hydrogens (tertiary/aromatic N) is 4. The van der Waals surface area contributed by atoms with Gasteiger partial charge < -0.3 is 16.2 Å². The standard InChI is InChI=1S/C21H17ClF2N6O2/c1-9-17-18(20(25)27-10(2)26-17)30(29-9)16-4-3-14(8-15(16)22)28-21(32)19(31)11-5-12(23)7-13(24)6-11/h3-8,19,31H,1-2H3,(H,28,32)(H2,25,26,27). The smallest absolute Gasteiger partial charge is 0.257 e. The number of anilines is 2. The lowest BCUT2D eigenvalue weighted by molar-refractivity contribution is -0.124. The average molecular weight is 459 g/mol. The van der Waals surface area contributed by atoms with Crippen molar-refractivity contribution in [1.29, 1.82) is 0 Å². The number of nitrogen functional groups attached to an aromatic ring is 1. The Kier molecular flexibility index (Phi) is 5.49. The van der Waals surface area contributed by atoms with Crippen molar-refractivity contribution < 1.29 is 18.7 Å². The van der Waals surface area contributed by atoms with Crippen molar-refractivity contribution in [2.75, 3.05) is 11.1 Å².